The number of halogens is 1. The number of benzene rings is 1. The number of nitrogens with two attached hydrogens (primary N) is 1. The fraction of sp³-hybridized carbons (Fsp3) is 0.400. The molecule has 6 nitrogen and oxygen atoms in total. The molecule has 0 bridgehead atoms. The van der Waals surface area contributed by atoms with Crippen LogP contribution < -0.4 is 10.6 Å². The fourth-order valence-corrected chi connectivity index (χ4v) is 3.01. The van der Waals surface area contributed by atoms with Crippen LogP contribution in [-0.4, -0.2) is 41.1 Å². The van der Waals surface area contributed by atoms with Gasteiger partial charge in [-0.15, -0.1) is 11.6 Å². The van der Waals surface area contributed by atoms with Crippen LogP contribution in [0, 0.1) is 6.92 Å². The summed E-state index contributed by atoms with van der Waals surface area (Å²) in [7, 11) is 0. The molecule has 2 aliphatic rings. The Bertz CT molecular complexity index is 652. The molecule has 3 rings (SSSR count). The summed E-state index contributed by atoms with van der Waals surface area (Å²) >= 11 is 5.63. The molecule has 0 spiro atoms. The number of nitrogens with zero attached hydrogens (tertiary/aromatic N) is 3. The number of amides is 3. The van der Waals surface area contributed by atoms with Gasteiger partial charge in [-0.2, -0.15) is 0 Å². The first-order valence-corrected chi connectivity index (χ1v) is 7.70. The van der Waals surface area contributed by atoms with Crippen molar-refractivity contribution in [1.82, 2.24) is 4.90 Å². The average Bonchev–Trinajstić information content (AvgIpc) is 3.06. The van der Waals surface area contributed by atoms with E-state index < -0.39 is 0 Å². The van der Waals surface area contributed by atoms with Crippen LogP contribution in [-0.2, 0) is 4.79 Å². The van der Waals surface area contributed by atoms with Gasteiger partial charge >= 0.3 is 6.03 Å². The topological polar surface area (TPSA) is 79.0 Å². The molecule has 0 radical (unpaired) electrons. The molecule has 22 heavy (non-hydrogen) atoms. The van der Waals surface area contributed by atoms with Gasteiger partial charge in [0.05, 0.1) is 17.3 Å². The van der Waals surface area contributed by atoms with E-state index in [2.05, 4.69) is 4.99 Å². The normalized spacial score (nSPS) is 21.7. The van der Waals surface area contributed by atoms with Crippen molar-refractivity contribution in [3.8, 4) is 0 Å². The molecule has 116 valence electrons. The van der Waals surface area contributed by atoms with Crippen molar-refractivity contribution in [1.29, 1.82) is 0 Å². The molecule has 2 heterocycles. The van der Waals surface area contributed by atoms with E-state index in [1.807, 2.05) is 13.0 Å². The standard InChI is InChI=1S/C15H17ClN4O2/c1-9-4-5-10(18-13(17)8-16)7-12(9)20-14(21)11-3-2-6-19(11)15(20)22/h4-5,7,11H,2-3,6,8H2,1H3,(H2,17,18). The maximum atomic E-state index is 12.5. The van der Waals surface area contributed by atoms with Crippen molar-refractivity contribution in [3.05, 3.63) is 23.8 Å². The Morgan fingerprint density at radius 2 is 2.23 bits per heavy atom. The SMILES string of the molecule is Cc1ccc(N=C(N)CCl)cc1N1C(=O)C2CCCN2C1=O. The zero-order valence-electron chi connectivity index (χ0n) is 12.3. The van der Waals surface area contributed by atoms with E-state index in [9.17, 15) is 9.59 Å². The van der Waals surface area contributed by atoms with E-state index in [1.165, 1.54) is 4.90 Å². The number of amidine groups is 1. The van der Waals surface area contributed by atoms with Crippen molar-refractivity contribution in [2.75, 3.05) is 17.3 Å². The summed E-state index contributed by atoms with van der Waals surface area (Å²) in [6, 6.07) is 4.74. The zero-order chi connectivity index (χ0) is 15.9. The molecule has 0 aromatic heterocycles. The summed E-state index contributed by atoms with van der Waals surface area (Å²) < 4.78 is 0. The van der Waals surface area contributed by atoms with Crippen LogP contribution in [0.1, 0.15) is 18.4 Å². The quantitative estimate of drug-likeness (QED) is 0.401. The number of aliphatic imine (C=N–C) groups is 1. The molecule has 2 saturated heterocycles. The summed E-state index contributed by atoms with van der Waals surface area (Å²) in [6.45, 7) is 2.50. The number of urea groups is 1. The van der Waals surface area contributed by atoms with Crippen molar-refractivity contribution in [2.24, 2.45) is 10.7 Å². The Morgan fingerprint density at radius 1 is 1.45 bits per heavy atom. The van der Waals surface area contributed by atoms with E-state index >= 15 is 0 Å². The molecule has 1 atom stereocenters. The van der Waals surface area contributed by atoms with Gasteiger partial charge in [0.1, 0.15) is 11.9 Å². The van der Waals surface area contributed by atoms with Crippen molar-refractivity contribution in [2.45, 2.75) is 25.8 Å². The number of fused-ring (bicyclic) bond motifs is 1. The summed E-state index contributed by atoms with van der Waals surface area (Å²) in [6.07, 6.45) is 1.61. The van der Waals surface area contributed by atoms with Crippen LogP contribution in [0.15, 0.2) is 23.2 Å². The molecule has 2 fully saturated rings. The van der Waals surface area contributed by atoms with Crippen molar-refractivity contribution in [3.63, 3.8) is 0 Å². The van der Waals surface area contributed by atoms with Crippen molar-refractivity contribution >= 4 is 40.7 Å². The Balaban J connectivity index is 1.99. The van der Waals surface area contributed by atoms with Gasteiger partial charge in [0.25, 0.3) is 5.91 Å². The van der Waals surface area contributed by atoms with Crippen LogP contribution in [0.2, 0.25) is 0 Å². The first-order valence-electron chi connectivity index (χ1n) is 7.17. The Morgan fingerprint density at radius 3 is 2.91 bits per heavy atom. The third-order valence-electron chi connectivity index (χ3n) is 4.04. The lowest BCUT2D eigenvalue weighted by atomic mass is 10.1. The van der Waals surface area contributed by atoms with Gasteiger partial charge in [-0.1, -0.05) is 6.07 Å². The molecule has 0 saturated carbocycles. The molecular formula is C15H17ClN4O2. The van der Waals surface area contributed by atoms with Gasteiger partial charge in [-0.25, -0.2) is 14.7 Å². The third kappa shape index (κ3) is 2.33. The molecule has 0 aliphatic carbocycles. The maximum absolute atomic E-state index is 12.5. The fourth-order valence-electron chi connectivity index (χ4n) is 2.95. The number of imide groups is 1. The number of alkyl halides is 1. The van der Waals surface area contributed by atoms with E-state index in [1.54, 1.807) is 17.0 Å². The number of aryl methyl sites for hydroxylation is 1. The van der Waals surface area contributed by atoms with Crippen LogP contribution in [0.3, 0.4) is 0 Å². The van der Waals surface area contributed by atoms with Crippen LogP contribution >= 0.6 is 11.6 Å². The third-order valence-corrected chi connectivity index (χ3v) is 4.31. The average molecular weight is 321 g/mol. The van der Waals surface area contributed by atoms with E-state index in [0.717, 1.165) is 18.4 Å². The van der Waals surface area contributed by atoms with Gasteiger partial charge < -0.3 is 10.6 Å². The Labute approximate surface area is 133 Å². The molecule has 2 aliphatic heterocycles. The summed E-state index contributed by atoms with van der Waals surface area (Å²) in [5.41, 5.74) is 7.62. The second kappa shape index (κ2) is 5.61. The summed E-state index contributed by atoms with van der Waals surface area (Å²) in [4.78, 5) is 32.1. The van der Waals surface area contributed by atoms with Crippen molar-refractivity contribution < 1.29 is 9.59 Å². The van der Waals surface area contributed by atoms with Gasteiger partial charge in [0.2, 0.25) is 0 Å². The Hall–Kier alpha value is -2.08. The van der Waals surface area contributed by atoms with Crippen LogP contribution in [0.4, 0.5) is 16.2 Å². The number of rotatable bonds is 3. The molecular weight excluding hydrogens is 304 g/mol. The highest BCUT2D eigenvalue weighted by Crippen LogP contribution is 2.34. The number of anilines is 1. The highest BCUT2D eigenvalue weighted by Gasteiger charge is 2.48. The Kier molecular flexibility index (Phi) is 3.78. The lowest BCUT2D eigenvalue weighted by Crippen LogP contribution is -2.33. The first-order chi connectivity index (χ1) is 10.5. The molecule has 7 heteroatoms. The highest BCUT2D eigenvalue weighted by molar-refractivity contribution is 6.28. The van der Waals surface area contributed by atoms with Crippen LogP contribution in [0.5, 0.6) is 0 Å². The number of carbonyl (C=O) groups excluding carboxylic acids is 2. The second-order valence-corrected chi connectivity index (χ2v) is 5.78. The second-order valence-electron chi connectivity index (χ2n) is 5.52. The summed E-state index contributed by atoms with van der Waals surface area (Å²) in [5, 5.41) is 0. The van der Waals surface area contributed by atoms with E-state index in [0.29, 0.717) is 17.9 Å². The number of hydrogen-bond donors (Lipinski definition) is 1. The zero-order valence-corrected chi connectivity index (χ0v) is 13.0. The van der Waals surface area contributed by atoms with Gasteiger partial charge in [0, 0.05) is 6.54 Å². The predicted molar refractivity (Wildman–Crippen MR) is 85.8 cm³/mol. The summed E-state index contributed by atoms with van der Waals surface area (Å²) in [5.74, 6) is 0.258. The van der Waals surface area contributed by atoms with Gasteiger partial charge in [-0.05, 0) is 37.5 Å². The molecule has 2 N–H and O–H groups in total. The first kappa shape index (κ1) is 14.8. The van der Waals surface area contributed by atoms with E-state index in [4.69, 9.17) is 17.3 Å². The largest absolute Gasteiger partial charge is 0.386 e. The highest BCUT2D eigenvalue weighted by atomic mass is 35.5. The molecule has 3 amide bonds. The lowest BCUT2D eigenvalue weighted by molar-refractivity contribution is -0.119. The minimum Gasteiger partial charge on any atom is -0.386 e. The van der Waals surface area contributed by atoms with Gasteiger partial charge in [-0.3, -0.25) is 4.79 Å². The van der Waals surface area contributed by atoms with E-state index in [-0.39, 0.29) is 29.7 Å². The van der Waals surface area contributed by atoms with Gasteiger partial charge in [0.15, 0.2) is 0 Å². The predicted octanol–water partition coefficient (Wildman–Crippen LogP) is 2.15. The number of carbonyl (C=O) groups is 2. The molecule has 1 unspecified atom stereocenters. The minimum absolute atomic E-state index is 0.126. The number of hydrogen-bond acceptors (Lipinski definition) is 3. The minimum atomic E-state index is -0.313. The molecule has 1 aromatic carbocycles. The monoisotopic (exact) mass is 320 g/mol. The van der Waals surface area contributed by atoms with Crippen LogP contribution in [0.25, 0.3) is 0 Å². The smallest absolute Gasteiger partial charge is 0.332 e. The molecule has 1 aromatic rings. The maximum Gasteiger partial charge on any atom is 0.332 e. The lowest BCUT2D eigenvalue weighted by Gasteiger charge is -2.18.